The van der Waals surface area contributed by atoms with E-state index >= 15 is 0 Å². The van der Waals surface area contributed by atoms with Gasteiger partial charge in [-0.25, -0.2) is 0 Å². The van der Waals surface area contributed by atoms with Gasteiger partial charge in [0.1, 0.15) is 7.60 Å². The summed E-state index contributed by atoms with van der Waals surface area (Å²) in [7, 11) is -2.04. The Morgan fingerprint density at radius 1 is 1.56 bits per heavy atom. The van der Waals surface area contributed by atoms with E-state index in [4.69, 9.17) is 0 Å². The predicted octanol–water partition coefficient (Wildman–Crippen LogP) is -0.167. The van der Waals surface area contributed by atoms with E-state index in [0.29, 0.717) is 6.61 Å². The standard InChI is InChI=1S/C4H11O4P/c1-7-3-4-8-9(2,5)6/h3-4H2,1-2H3,(H,5,6)/p-1. The average molecular weight is 153 g/mol. The fourth-order valence-electron chi connectivity index (χ4n) is 0.286. The lowest BCUT2D eigenvalue weighted by Crippen LogP contribution is -2.06. The molecule has 0 amide bonds. The van der Waals surface area contributed by atoms with Crippen molar-refractivity contribution < 1.29 is 18.7 Å². The lowest BCUT2D eigenvalue weighted by molar-refractivity contribution is -0.197. The molecule has 5 heteroatoms. The summed E-state index contributed by atoms with van der Waals surface area (Å²) in [6, 6.07) is 0. The van der Waals surface area contributed by atoms with Crippen molar-refractivity contribution in [3.8, 4) is 0 Å². The van der Waals surface area contributed by atoms with Crippen LogP contribution in [0.5, 0.6) is 0 Å². The van der Waals surface area contributed by atoms with Gasteiger partial charge in [0.25, 0.3) is 0 Å². The number of ether oxygens (including phenoxy) is 1. The minimum Gasteiger partial charge on any atom is -0.779 e. The van der Waals surface area contributed by atoms with E-state index in [1.807, 2.05) is 0 Å². The maximum atomic E-state index is 10.3. The van der Waals surface area contributed by atoms with E-state index in [2.05, 4.69) is 9.26 Å². The van der Waals surface area contributed by atoms with Gasteiger partial charge in [0.05, 0.1) is 13.2 Å². The SMILES string of the molecule is COCCOP(C)(=O)[O-]. The third-order valence-electron chi connectivity index (χ3n) is 0.613. The molecule has 0 rings (SSSR count). The summed E-state index contributed by atoms with van der Waals surface area (Å²) in [5.41, 5.74) is 0. The van der Waals surface area contributed by atoms with Crippen molar-refractivity contribution in [3.63, 3.8) is 0 Å². The highest BCUT2D eigenvalue weighted by Crippen LogP contribution is 2.30. The number of hydrogen-bond acceptors (Lipinski definition) is 4. The molecule has 0 fully saturated rings. The monoisotopic (exact) mass is 153 g/mol. The molecule has 1 atom stereocenters. The molecule has 0 N–H and O–H groups in total. The molecular formula is C4H10O4P-. The van der Waals surface area contributed by atoms with E-state index < -0.39 is 7.60 Å². The second-order valence-electron chi connectivity index (χ2n) is 1.60. The third kappa shape index (κ3) is 8.11. The molecule has 0 bridgehead atoms. The summed E-state index contributed by atoms with van der Waals surface area (Å²) in [6.45, 7) is 1.44. The first-order valence-electron chi connectivity index (χ1n) is 2.48. The van der Waals surface area contributed by atoms with Gasteiger partial charge >= 0.3 is 0 Å². The van der Waals surface area contributed by atoms with Crippen molar-refractivity contribution in [3.05, 3.63) is 0 Å². The summed E-state index contributed by atoms with van der Waals surface area (Å²) >= 11 is 0. The Bertz CT molecular complexity index is 107. The molecule has 0 aromatic rings. The first-order valence-corrected chi connectivity index (χ1v) is 4.47. The summed E-state index contributed by atoms with van der Waals surface area (Å²) in [6.07, 6.45) is 0. The van der Waals surface area contributed by atoms with Crippen LogP contribution in [0.3, 0.4) is 0 Å². The van der Waals surface area contributed by atoms with Crippen LogP contribution in [0.2, 0.25) is 0 Å². The summed E-state index contributed by atoms with van der Waals surface area (Å²) in [4.78, 5) is 10.3. The Labute approximate surface area is 54.3 Å². The van der Waals surface area contributed by atoms with Crippen LogP contribution in [0.4, 0.5) is 0 Å². The molecule has 4 nitrogen and oxygen atoms in total. The Hall–Kier alpha value is 0.110. The summed E-state index contributed by atoms with van der Waals surface area (Å²) < 4.78 is 19.2. The van der Waals surface area contributed by atoms with Crippen LogP contribution in [-0.4, -0.2) is 27.0 Å². The minimum atomic E-state index is -3.53. The van der Waals surface area contributed by atoms with Crippen LogP contribution >= 0.6 is 7.60 Å². The van der Waals surface area contributed by atoms with Gasteiger partial charge in [-0.15, -0.1) is 0 Å². The van der Waals surface area contributed by atoms with E-state index in [-0.39, 0.29) is 6.61 Å². The van der Waals surface area contributed by atoms with Crippen LogP contribution in [-0.2, 0) is 13.8 Å². The second-order valence-corrected chi connectivity index (χ2v) is 3.40. The third-order valence-corrected chi connectivity index (χ3v) is 1.26. The first-order chi connectivity index (χ1) is 4.06. The van der Waals surface area contributed by atoms with Crippen LogP contribution in [0.1, 0.15) is 0 Å². The second kappa shape index (κ2) is 4.01. The highest BCUT2D eigenvalue weighted by Gasteiger charge is 1.95. The maximum Gasteiger partial charge on any atom is 0.131 e. The largest absolute Gasteiger partial charge is 0.779 e. The molecule has 9 heavy (non-hydrogen) atoms. The van der Waals surface area contributed by atoms with E-state index in [9.17, 15) is 9.46 Å². The van der Waals surface area contributed by atoms with Crippen LogP contribution in [0, 0.1) is 0 Å². The van der Waals surface area contributed by atoms with E-state index in [1.165, 1.54) is 7.11 Å². The highest BCUT2D eigenvalue weighted by atomic mass is 31.2. The molecule has 0 saturated carbocycles. The van der Waals surface area contributed by atoms with Gasteiger partial charge in [-0.05, 0) is 0 Å². The van der Waals surface area contributed by atoms with Crippen LogP contribution < -0.4 is 4.89 Å². The number of hydrogen-bond donors (Lipinski definition) is 0. The van der Waals surface area contributed by atoms with Crippen molar-refractivity contribution in [1.82, 2.24) is 0 Å². The molecule has 0 aromatic carbocycles. The molecule has 0 saturated heterocycles. The van der Waals surface area contributed by atoms with Crippen molar-refractivity contribution in [2.75, 3.05) is 27.0 Å². The van der Waals surface area contributed by atoms with Gasteiger partial charge in [0.15, 0.2) is 0 Å². The average Bonchev–Trinajstić information content (AvgIpc) is 1.63. The van der Waals surface area contributed by atoms with E-state index in [1.54, 1.807) is 0 Å². The zero-order valence-electron chi connectivity index (χ0n) is 5.49. The lowest BCUT2D eigenvalue weighted by atomic mass is 10.8. The first kappa shape index (κ1) is 9.11. The molecule has 0 radical (unpaired) electrons. The minimum absolute atomic E-state index is 0.105. The fraction of sp³-hybridized carbons (Fsp3) is 1.00. The maximum absolute atomic E-state index is 10.3. The van der Waals surface area contributed by atoms with Gasteiger partial charge in [0.2, 0.25) is 0 Å². The molecule has 0 heterocycles. The zero-order chi connectivity index (χ0) is 7.33. The number of rotatable bonds is 4. The quantitative estimate of drug-likeness (QED) is 0.415. The van der Waals surface area contributed by atoms with Gasteiger partial charge in [-0.1, -0.05) is 0 Å². The summed E-state index contributed by atoms with van der Waals surface area (Å²) in [5.74, 6) is 0. The number of methoxy groups -OCH3 is 1. The lowest BCUT2D eigenvalue weighted by Gasteiger charge is -2.16. The molecule has 0 spiro atoms. The molecule has 0 aliphatic heterocycles. The Balaban J connectivity index is 3.18. The van der Waals surface area contributed by atoms with Crippen LogP contribution in [0.15, 0.2) is 0 Å². The molecule has 0 aliphatic rings. The van der Waals surface area contributed by atoms with Crippen molar-refractivity contribution >= 4 is 7.60 Å². The normalized spacial score (nSPS) is 17.2. The molecule has 0 aromatic heterocycles. The van der Waals surface area contributed by atoms with Gasteiger partial charge < -0.3 is 18.7 Å². The highest BCUT2D eigenvalue weighted by molar-refractivity contribution is 7.50. The molecule has 0 aliphatic carbocycles. The van der Waals surface area contributed by atoms with Gasteiger partial charge in [-0.3, -0.25) is 0 Å². The molecular weight excluding hydrogens is 143 g/mol. The molecule has 1 unspecified atom stereocenters. The Morgan fingerprint density at radius 3 is 2.44 bits per heavy atom. The fourth-order valence-corrected chi connectivity index (χ4v) is 0.693. The Kier molecular flexibility index (Phi) is 4.06. The smallest absolute Gasteiger partial charge is 0.131 e. The van der Waals surface area contributed by atoms with Crippen LogP contribution in [0.25, 0.3) is 0 Å². The topological polar surface area (TPSA) is 58.6 Å². The summed E-state index contributed by atoms with van der Waals surface area (Å²) in [5, 5.41) is 0. The van der Waals surface area contributed by atoms with Crippen molar-refractivity contribution in [2.24, 2.45) is 0 Å². The predicted molar refractivity (Wildman–Crippen MR) is 31.4 cm³/mol. The van der Waals surface area contributed by atoms with Gasteiger partial charge in [-0.2, -0.15) is 0 Å². The zero-order valence-corrected chi connectivity index (χ0v) is 6.39. The van der Waals surface area contributed by atoms with Gasteiger partial charge in [0, 0.05) is 13.8 Å². The molecule has 56 valence electrons. The van der Waals surface area contributed by atoms with Crippen molar-refractivity contribution in [2.45, 2.75) is 0 Å². The van der Waals surface area contributed by atoms with Crippen molar-refractivity contribution in [1.29, 1.82) is 0 Å². The Morgan fingerprint density at radius 2 is 2.11 bits per heavy atom. The van der Waals surface area contributed by atoms with E-state index in [0.717, 1.165) is 6.66 Å².